The highest BCUT2D eigenvalue weighted by molar-refractivity contribution is 6.36. The van der Waals surface area contributed by atoms with Crippen LogP contribution in [0.2, 0.25) is 0 Å². The SMILES string of the molecule is CC(C)C(OC(=O)C(=[N+]=[N-])[C@@H](C1CCCC1)N(Cc1ccccc1)NC(=O)c1ccccc1)C(C)C. The molecule has 1 N–H and O–H groups in total. The van der Waals surface area contributed by atoms with E-state index in [0.717, 1.165) is 31.2 Å². The first-order valence-corrected chi connectivity index (χ1v) is 12.9. The molecular weight excluding hydrogens is 452 g/mol. The number of nitrogens with one attached hydrogen (secondary N) is 1. The number of esters is 1. The zero-order valence-corrected chi connectivity index (χ0v) is 21.8. The van der Waals surface area contributed by atoms with Crippen molar-refractivity contribution in [2.75, 3.05) is 0 Å². The number of amides is 1. The lowest BCUT2D eigenvalue weighted by Crippen LogP contribution is -2.56. The molecule has 0 spiro atoms. The second-order valence-electron chi connectivity index (χ2n) is 10.3. The number of ether oxygens (including phenoxy) is 1. The number of rotatable bonds is 11. The molecule has 2 aromatic carbocycles. The molecule has 3 rings (SSSR count). The highest BCUT2D eigenvalue weighted by Gasteiger charge is 2.45. The fourth-order valence-corrected chi connectivity index (χ4v) is 5.12. The molecule has 7 heteroatoms. The van der Waals surface area contributed by atoms with E-state index >= 15 is 0 Å². The molecule has 0 aromatic heterocycles. The molecule has 0 bridgehead atoms. The van der Waals surface area contributed by atoms with Crippen LogP contribution in [0.3, 0.4) is 0 Å². The maximum absolute atomic E-state index is 13.5. The predicted octanol–water partition coefficient (Wildman–Crippen LogP) is 5.29. The molecule has 2 aromatic rings. The highest BCUT2D eigenvalue weighted by atomic mass is 16.5. The van der Waals surface area contributed by atoms with Crippen molar-refractivity contribution in [1.29, 1.82) is 0 Å². The normalized spacial score (nSPS) is 14.8. The van der Waals surface area contributed by atoms with E-state index in [9.17, 15) is 15.1 Å². The first-order valence-electron chi connectivity index (χ1n) is 12.9. The summed E-state index contributed by atoms with van der Waals surface area (Å²) in [6, 6.07) is 18.0. The van der Waals surface area contributed by atoms with Crippen molar-refractivity contribution >= 4 is 17.6 Å². The van der Waals surface area contributed by atoms with Gasteiger partial charge in [0.1, 0.15) is 12.1 Å². The van der Waals surface area contributed by atoms with Crippen LogP contribution in [0.5, 0.6) is 0 Å². The van der Waals surface area contributed by atoms with E-state index in [2.05, 4.69) is 10.2 Å². The summed E-state index contributed by atoms with van der Waals surface area (Å²) in [6.45, 7) is 8.35. The van der Waals surface area contributed by atoms with Crippen LogP contribution >= 0.6 is 0 Å². The molecule has 0 saturated heterocycles. The lowest BCUT2D eigenvalue weighted by molar-refractivity contribution is -0.151. The Morgan fingerprint density at radius 3 is 2.06 bits per heavy atom. The second kappa shape index (κ2) is 13.1. The number of hydrazine groups is 1. The highest BCUT2D eigenvalue weighted by Crippen LogP contribution is 2.32. The number of carbonyl (C=O) groups excluding carboxylic acids is 2. The molecule has 1 amide bonds. The molecule has 36 heavy (non-hydrogen) atoms. The zero-order chi connectivity index (χ0) is 26.1. The van der Waals surface area contributed by atoms with E-state index in [1.165, 1.54) is 0 Å². The van der Waals surface area contributed by atoms with Gasteiger partial charge in [0.25, 0.3) is 5.91 Å². The van der Waals surface area contributed by atoms with Gasteiger partial charge in [-0.05, 0) is 48.3 Å². The Balaban J connectivity index is 1.98. The third-order valence-electron chi connectivity index (χ3n) is 6.81. The van der Waals surface area contributed by atoms with Gasteiger partial charge in [0.2, 0.25) is 0 Å². The van der Waals surface area contributed by atoms with E-state index in [1.54, 1.807) is 29.3 Å². The molecule has 1 aliphatic carbocycles. The zero-order valence-electron chi connectivity index (χ0n) is 21.8. The number of hydrogen-bond acceptors (Lipinski definition) is 4. The fourth-order valence-electron chi connectivity index (χ4n) is 5.12. The minimum absolute atomic E-state index is 0.0276. The number of hydrogen-bond donors (Lipinski definition) is 1. The van der Waals surface area contributed by atoms with Gasteiger partial charge < -0.3 is 10.3 Å². The van der Waals surface area contributed by atoms with Gasteiger partial charge in [-0.2, -0.15) is 4.79 Å². The Hall–Kier alpha value is -3.28. The van der Waals surface area contributed by atoms with Crippen molar-refractivity contribution in [3.63, 3.8) is 0 Å². The van der Waals surface area contributed by atoms with Crippen molar-refractivity contribution in [3.8, 4) is 0 Å². The standard InChI is InChI=1S/C29H38N4O3/c1-20(2)27(21(3)4)36-29(35)25(31-30)26(23-15-11-12-16-23)33(19-22-13-7-5-8-14-22)32-28(34)24-17-9-6-10-18-24/h5-10,13-14,17-18,20-21,23,26-27H,11-12,15-16,19H2,1-4H3,(H,32,34)/t26-/m1/s1. The van der Waals surface area contributed by atoms with Crippen molar-refractivity contribution < 1.29 is 19.1 Å². The van der Waals surface area contributed by atoms with Crippen LogP contribution in [0.4, 0.5) is 0 Å². The lowest BCUT2D eigenvalue weighted by atomic mass is 9.92. The molecular formula is C29H38N4O3. The molecule has 7 nitrogen and oxygen atoms in total. The third-order valence-corrected chi connectivity index (χ3v) is 6.81. The lowest BCUT2D eigenvalue weighted by Gasteiger charge is -2.33. The summed E-state index contributed by atoms with van der Waals surface area (Å²) in [5.74, 6) is -0.690. The third kappa shape index (κ3) is 7.12. The molecule has 0 unspecified atom stereocenters. The summed E-state index contributed by atoms with van der Waals surface area (Å²) < 4.78 is 5.89. The molecule has 192 valence electrons. The number of benzene rings is 2. The van der Waals surface area contributed by atoms with Crippen molar-refractivity contribution in [2.24, 2.45) is 17.8 Å². The summed E-state index contributed by atoms with van der Waals surface area (Å²) in [5, 5.41) is 1.75. The quantitative estimate of drug-likeness (QED) is 0.152. The van der Waals surface area contributed by atoms with Gasteiger partial charge in [-0.3, -0.25) is 10.2 Å². The van der Waals surface area contributed by atoms with Crippen LogP contribution in [-0.4, -0.2) is 39.5 Å². The van der Waals surface area contributed by atoms with Crippen LogP contribution in [0.25, 0.3) is 5.53 Å². The minimum Gasteiger partial charge on any atom is -0.453 e. The van der Waals surface area contributed by atoms with Crippen LogP contribution in [0.15, 0.2) is 60.7 Å². The van der Waals surface area contributed by atoms with Gasteiger partial charge in [0.15, 0.2) is 0 Å². The van der Waals surface area contributed by atoms with Gasteiger partial charge in [0.05, 0.1) is 0 Å². The largest absolute Gasteiger partial charge is 0.453 e. The first kappa shape index (κ1) is 27.3. The van der Waals surface area contributed by atoms with Gasteiger partial charge in [-0.15, -0.1) is 0 Å². The maximum Gasteiger partial charge on any atom is 0.419 e. The smallest absolute Gasteiger partial charge is 0.419 e. The first-order chi connectivity index (χ1) is 17.3. The minimum atomic E-state index is -0.645. The second-order valence-corrected chi connectivity index (χ2v) is 10.3. The Kier molecular flexibility index (Phi) is 9.97. The summed E-state index contributed by atoms with van der Waals surface area (Å²) in [5.41, 5.74) is 14.5. The average Bonchev–Trinajstić information content (AvgIpc) is 3.40. The van der Waals surface area contributed by atoms with Crippen molar-refractivity contribution in [1.82, 2.24) is 10.4 Å². The summed E-state index contributed by atoms with van der Waals surface area (Å²) in [4.78, 5) is 30.2. The van der Waals surface area contributed by atoms with Gasteiger partial charge in [-0.25, -0.2) is 9.80 Å². The molecule has 1 aliphatic rings. The van der Waals surface area contributed by atoms with E-state index in [-0.39, 0.29) is 35.5 Å². The Morgan fingerprint density at radius 2 is 1.53 bits per heavy atom. The summed E-state index contributed by atoms with van der Waals surface area (Å²) >= 11 is 0. The van der Waals surface area contributed by atoms with Crippen LogP contribution in [0.1, 0.15) is 69.3 Å². The molecule has 1 atom stereocenters. The number of nitrogens with zero attached hydrogens (tertiary/aromatic N) is 3. The Morgan fingerprint density at radius 1 is 0.972 bits per heavy atom. The van der Waals surface area contributed by atoms with Gasteiger partial charge in [-0.1, -0.05) is 89.1 Å². The van der Waals surface area contributed by atoms with Crippen molar-refractivity contribution in [2.45, 2.75) is 72.1 Å². The van der Waals surface area contributed by atoms with Crippen molar-refractivity contribution in [3.05, 3.63) is 77.3 Å². The fraction of sp³-hybridized carbons (Fsp3) is 0.483. The predicted molar refractivity (Wildman–Crippen MR) is 140 cm³/mol. The van der Waals surface area contributed by atoms with Crippen LogP contribution in [0, 0.1) is 17.8 Å². The topological polar surface area (TPSA) is 95.0 Å². The molecule has 0 aliphatic heterocycles. The maximum atomic E-state index is 13.5. The Bertz CT molecular complexity index is 1030. The molecule has 0 radical (unpaired) electrons. The van der Waals surface area contributed by atoms with E-state index in [4.69, 9.17) is 4.74 Å². The summed E-state index contributed by atoms with van der Waals surface area (Å²) in [6.07, 6.45) is 3.44. The molecule has 1 fully saturated rings. The van der Waals surface area contributed by atoms with E-state index in [1.807, 2.05) is 64.1 Å². The van der Waals surface area contributed by atoms with E-state index < -0.39 is 12.0 Å². The molecule has 0 heterocycles. The molecule has 1 saturated carbocycles. The monoisotopic (exact) mass is 490 g/mol. The average molecular weight is 491 g/mol. The van der Waals surface area contributed by atoms with Crippen LogP contribution < -0.4 is 5.43 Å². The summed E-state index contributed by atoms with van der Waals surface area (Å²) in [7, 11) is 0. The van der Waals surface area contributed by atoms with Crippen LogP contribution in [-0.2, 0) is 16.1 Å². The van der Waals surface area contributed by atoms with Gasteiger partial charge in [0, 0.05) is 12.1 Å². The number of carbonyl (C=O) groups is 2. The Labute approximate surface area is 214 Å². The van der Waals surface area contributed by atoms with E-state index in [0.29, 0.717) is 12.1 Å². The van der Waals surface area contributed by atoms with Gasteiger partial charge >= 0.3 is 11.7 Å².